The highest BCUT2D eigenvalue weighted by Gasteiger charge is 2.35. The average Bonchev–Trinajstić information content (AvgIpc) is 2.36. The maximum Gasteiger partial charge on any atom is 0.283 e. The van der Waals surface area contributed by atoms with E-state index in [0.717, 1.165) is 12.2 Å². The molecule has 1 aliphatic carbocycles. The number of anilines is 1. The molecular formula is C14H22BrN3OS. The van der Waals surface area contributed by atoms with Gasteiger partial charge in [0.1, 0.15) is 4.47 Å². The van der Waals surface area contributed by atoms with Crippen LogP contribution in [0.5, 0.6) is 0 Å². The second-order valence-electron chi connectivity index (χ2n) is 5.85. The first-order valence-corrected chi connectivity index (χ1v) is 9.04. The molecular weight excluding hydrogens is 338 g/mol. The third-order valence-electron chi connectivity index (χ3n) is 3.82. The van der Waals surface area contributed by atoms with E-state index < -0.39 is 0 Å². The van der Waals surface area contributed by atoms with Gasteiger partial charge in [-0.05, 0) is 40.9 Å². The van der Waals surface area contributed by atoms with Crippen LogP contribution < -0.4 is 10.9 Å². The lowest BCUT2D eigenvalue weighted by Gasteiger charge is -2.40. The van der Waals surface area contributed by atoms with Crippen molar-refractivity contribution in [2.75, 3.05) is 18.1 Å². The molecule has 0 aliphatic heterocycles. The molecule has 1 aromatic heterocycles. The third-order valence-corrected chi connectivity index (χ3v) is 6.01. The molecule has 1 aromatic rings. The average molecular weight is 360 g/mol. The van der Waals surface area contributed by atoms with E-state index in [1.54, 1.807) is 6.20 Å². The van der Waals surface area contributed by atoms with Crippen molar-refractivity contribution in [3.05, 3.63) is 21.0 Å². The second-order valence-corrected chi connectivity index (χ2v) is 7.91. The van der Waals surface area contributed by atoms with Gasteiger partial charge in [-0.1, -0.05) is 20.3 Å². The van der Waals surface area contributed by atoms with Crippen LogP contribution in [0.25, 0.3) is 0 Å². The van der Waals surface area contributed by atoms with Gasteiger partial charge in [0.15, 0.2) is 0 Å². The van der Waals surface area contributed by atoms with Gasteiger partial charge in [-0.2, -0.15) is 16.9 Å². The summed E-state index contributed by atoms with van der Waals surface area (Å²) in [5.74, 6) is 0.403. The summed E-state index contributed by atoms with van der Waals surface area (Å²) in [6, 6.07) is 0. The van der Waals surface area contributed by atoms with Gasteiger partial charge in [-0.25, -0.2) is 4.68 Å². The lowest BCUT2D eigenvalue weighted by Crippen LogP contribution is -2.40. The number of thioether (sulfide) groups is 1. The van der Waals surface area contributed by atoms with Crippen LogP contribution in [0.1, 0.15) is 33.1 Å². The summed E-state index contributed by atoms with van der Waals surface area (Å²) < 4.78 is 2.45. The number of rotatable bonds is 6. The highest BCUT2D eigenvalue weighted by Crippen LogP contribution is 2.42. The molecule has 6 heteroatoms. The topological polar surface area (TPSA) is 46.9 Å². The summed E-state index contributed by atoms with van der Waals surface area (Å²) in [6.07, 6.45) is 7.71. The summed E-state index contributed by atoms with van der Waals surface area (Å²) in [7, 11) is 0. The SMILES string of the molecule is CSC1(CNc2cnn(CC(C)C)c(=O)c2Br)CCC1. The Morgan fingerprint density at radius 1 is 1.55 bits per heavy atom. The Kier molecular flexibility index (Phi) is 5.18. The highest BCUT2D eigenvalue weighted by atomic mass is 79.9. The molecule has 0 amide bonds. The van der Waals surface area contributed by atoms with E-state index in [9.17, 15) is 4.79 Å². The number of nitrogens with zero attached hydrogens (tertiary/aromatic N) is 2. The molecule has 0 unspecified atom stereocenters. The van der Waals surface area contributed by atoms with Crippen LogP contribution in [-0.4, -0.2) is 27.3 Å². The highest BCUT2D eigenvalue weighted by molar-refractivity contribution is 9.10. The molecule has 1 fully saturated rings. The Labute approximate surface area is 132 Å². The van der Waals surface area contributed by atoms with Crippen LogP contribution in [0.15, 0.2) is 15.5 Å². The van der Waals surface area contributed by atoms with E-state index in [0.29, 0.717) is 21.7 Å². The summed E-state index contributed by atoms with van der Waals surface area (Å²) >= 11 is 5.33. The normalized spacial score (nSPS) is 17.1. The van der Waals surface area contributed by atoms with Crippen LogP contribution in [0.3, 0.4) is 0 Å². The van der Waals surface area contributed by atoms with Gasteiger partial charge < -0.3 is 5.32 Å². The van der Waals surface area contributed by atoms with Crippen molar-refractivity contribution in [3.63, 3.8) is 0 Å². The molecule has 20 heavy (non-hydrogen) atoms. The lowest BCUT2D eigenvalue weighted by molar-refractivity contribution is 0.379. The second kappa shape index (κ2) is 6.52. The summed E-state index contributed by atoms with van der Waals surface area (Å²) in [4.78, 5) is 12.2. The Hall–Kier alpha value is -0.490. The molecule has 0 spiro atoms. The van der Waals surface area contributed by atoms with Gasteiger partial charge in [0.25, 0.3) is 5.56 Å². The third kappa shape index (κ3) is 3.39. The molecule has 0 atom stereocenters. The molecule has 0 radical (unpaired) electrons. The van der Waals surface area contributed by atoms with Crippen molar-refractivity contribution >= 4 is 33.4 Å². The summed E-state index contributed by atoms with van der Waals surface area (Å²) in [5.41, 5.74) is 0.742. The molecule has 1 aliphatic rings. The van der Waals surface area contributed by atoms with Gasteiger partial charge in [-0.15, -0.1) is 0 Å². The van der Waals surface area contributed by atoms with Crippen molar-refractivity contribution < 1.29 is 0 Å². The predicted molar refractivity (Wildman–Crippen MR) is 89.6 cm³/mol. The Bertz CT molecular complexity index is 520. The smallest absolute Gasteiger partial charge is 0.283 e. The van der Waals surface area contributed by atoms with Crippen LogP contribution in [0.4, 0.5) is 5.69 Å². The van der Waals surface area contributed by atoms with E-state index in [4.69, 9.17) is 0 Å². The van der Waals surface area contributed by atoms with Crippen LogP contribution in [-0.2, 0) is 6.54 Å². The van der Waals surface area contributed by atoms with Gasteiger partial charge in [-0.3, -0.25) is 4.79 Å². The first kappa shape index (κ1) is 15.9. The number of hydrogen-bond acceptors (Lipinski definition) is 4. The van der Waals surface area contributed by atoms with Gasteiger partial charge >= 0.3 is 0 Å². The molecule has 0 bridgehead atoms. The fourth-order valence-corrected chi connectivity index (χ4v) is 3.71. The molecule has 112 valence electrons. The summed E-state index contributed by atoms with van der Waals surface area (Å²) in [6.45, 7) is 5.69. The maximum absolute atomic E-state index is 12.2. The molecule has 1 N–H and O–H groups in total. The zero-order valence-electron chi connectivity index (χ0n) is 12.3. The minimum Gasteiger partial charge on any atom is -0.381 e. The van der Waals surface area contributed by atoms with Crippen LogP contribution >= 0.6 is 27.7 Å². The van der Waals surface area contributed by atoms with E-state index >= 15 is 0 Å². The number of aromatic nitrogens is 2. The molecule has 0 saturated heterocycles. The number of nitrogens with one attached hydrogen (secondary N) is 1. The molecule has 4 nitrogen and oxygen atoms in total. The molecule has 0 aromatic carbocycles. The quantitative estimate of drug-likeness (QED) is 0.845. The van der Waals surface area contributed by atoms with Gasteiger partial charge in [0.2, 0.25) is 0 Å². The van der Waals surface area contributed by atoms with E-state index in [1.165, 1.54) is 23.9 Å². The largest absolute Gasteiger partial charge is 0.381 e. The monoisotopic (exact) mass is 359 g/mol. The number of halogens is 1. The first-order chi connectivity index (χ1) is 9.47. The van der Waals surface area contributed by atoms with Crippen molar-refractivity contribution in [1.29, 1.82) is 0 Å². The Balaban J connectivity index is 2.09. The van der Waals surface area contributed by atoms with Crippen molar-refractivity contribution in [3.8, 4) is 0 Å². The van der Waals surface area contributed by atoms with Crippen molar-refractivity contribution in [2.24, 2.45) is 5.92 Å². The number of hydrogen-bond donors (Lipinski definition) is 1. The standard InChI is InChI=1S/C14H22BrN3OS/c1-10(2)8-18-13(19)12(15)11(7-17-18)16-9-14(20-3)5-4-6-14/h7,10,16H,4-6,8-9H2,1-3H3. The minimum atomic E-state index is -0.0597. The van der Waals surface area contributed by atoms with E-state index in [2.05, 4.69) is 46.4 Å². The van der Waals surface area contributed by atoms with Crippen molar-refractivity contribution in [1.82, 2.24) is 9.78 Å². The van der Waals surface area contributed by atoms with E-state index in [-0.39, 0.29) is 5.56 Å². The van der Waals surface area contributed by atoms with E-state index in [1.807, 2.05) is 11.8 Å². The van der Waals surface area contributed by atoms with Crippen molar-refractivity contribution in [2.45, 2.75) is 44.4 Å². The lowest BCUT2D eigenvalue weighted by atomic mass is 9.84. The zero-order chi connectivity index (χ0) is 14.8. The van der Waals surface area contributed by atoms with Crippen LogP contribution in [0.2, 0.25) is 0 Å². The van der Waals surface area contributed by atoms with Gasteiger partial charge in [0, 0.05) is 17.8 Å². The zero-order valence-corrected chi connectivity index (χ0v) is 14.7. The molecule has 2 rings (SSSR count). The van der Waals surface area contributed by atoms with Gasteiger partial charge in [0.05, 0.1) is 11.9 Å². The minimum absolute atomic E-state index is 0.0597. The maximum atomic E-state index is 12.2. The fourth-order valence-electron chi connectivity index (χ4n) is 2.34. The summed E-state index contributed by atoms with van der Waals surface area (Å²) in [5, 5.41) is 7.64. The Morgan fingerprint density at radius 2 is 2.25 bits per heavy atom. The van der Waals surface area contributed by atoms with Crippen LogP contribution in [0, 0.1) is 5.92 Å². The molecule has 1 heterocycles. The molecule has 1 saturated carbocycles. The first-order valence-electron chi connectivity index (χ1n) is 7.02. The fraction of sp³-hybridized carbons (Fsp3) is 0.714. The predicted octanol–water partition coefficient (Wildman–Crippen LogP) is 3.36. The Morgan fingerprint density at radius 3 is 2.75 bits per heavy atom.